The van der Waals surface area contributed by atoms with Gasteiger partial charge in [-0.1, -0.05) is 36.8 Å². The van der Waals surface area contributed by atoms with Crippen molar-refractivity contribution in [2.75, 3.05) is 20.2 Å². The van der Waals surface area contributed by atoms with Crippen LogP contribution < -0.4 is 0 Å². The molecule has 1 N–H and O–H groups in total. The molecule has 1 amide bonds. The summed E-state index contributed by atoms with van der Waals surface area (Å²) in [5.74, 6) is 0.187. The lowest BCUT2D eigenvalue weighted by molar-refractivity contribution is -0.146. The van der Waals surface area contributed by atoms with Gasteiger partial charge in [0.1, 0.15) is 0 Å². The summed E-state index contributed by atoms with van der Waals surface area (Å²) in [5.41, 5.74) is 1.01. The quantitative estimate of drug-likeness (QED) is 0.862. The molecule has 18 heavy (non-hydrogen) atoms. The molecule has 0 unspecified atom stereocenters. The number of aliphatic hydroxyl groups is 1. The Balaban J connectivity index is 2.09. The van der Waals surface area contributed by atoms with Gasteiger partial charge in [0.25, 0.3) is 0 Å². The van der Waals surface area contributed by atoms with Gasteiger partial charge in [-0.05, 0) is 24.8 Å². The molecule has 1 aliphatic rings. The molecule has 0 aliphatic heterocycles. The molecule has 0 heterocycles. The molecule has 1 fully saturated rings. The lowest BCUT2D eigenvalue weighted by Crippen LogP contribution is -2.48. The zero-order chi connectivity index (χ0) is 13.0. The van der Waals surface area contributed by atoms with Crippen molar-refractivity contribution in [1.29, 1.82) is 0 Å². The molecule has 0 aromatic heterocycles. The molecule has 0 radical (unpaired) electrons. The van der Waals surface area contributed by atoms with Crippen LogP contribution in [0.3, 0.4) is 0 Å². The number of hydrogen-bond acceptors (Lipinski definition) is 2. The summed E-state index contributed by atoms with van der Waals surface area (Å²) in [7, 11) is 1.78. The van der Waals surface area contributed by atoms with Crippen molar-refractivity contribution in [3.05, 3.63) is 35.9 Å². The van der Waals surface area contributed by atoms with Crippen LogP contribution in [0.4, 0.5) is 0 Å². The van der Waals surface area contributed by atoms with E-state index in [1.807, 2.05) is 18.2 Å². The highest BCUT2D eigenvalue weighted by Gasteiger charge is 2.45. The standard InChI is InChI=1S/C15H21NO2/c1-16(10-11-17)14(18)15(8-5-9-15)12-13-6-3-2-4-7-13/h2-4,6-7,17H,5,8-12H2,1H3. The molecule has 0 spiro atoms. The first-order valence-corrected chi connectivity index (χ1v) is 6.58. The fourth-order valence-electron chi connectivity index (χ4n) is 2.71. The van der Waals surface area contributed by atoms with Gasteiger partial charge in [-0.25, -0.2) is 0 Å². The van der Waals surface area contributed by atoms with Crippen LogP contribution in [-0.2, 0) is 11.2 Å². The van der Waals surface area contributed by atoms with E-state index in [1.165, 1.54) is 5.56 Å². The second-order valence-electron chi connectivity index (χ2n) is 5.25. The van der Waals surface area contributed by atoms with Crippen LogP contribution in [0.2, 0.25) is 0 Å². The van der Waals surface area contributed by atoms with Crippen molar-refractivity contribution < 1.29 is 9.90 Å². The molecule has 3 heteroatoms. The van der Waals surface area contributed by atoms with Gasteiger partial charge in [0.05, 0.1) is 12.0 Å². The van der Waals surface area contributed by atoms with Gasteiger partial charge in [-0.3, -0.25) is 4.79 Å². The molecule has 3 nitrogen and oxygen atoms in total. The maximum Gasteiger partial charge on any atom is 0.228 e. The number of nitrogens with zero attached hydrogens (tertiary/aromatic N) is 1. The molecular weight excluding hydrogens is 226 g/mol. The lowest BCUT2D eigenvalue weighted by atomic mass is 9.64. The Bertz CT molecular complexity index is 398. The summed E-state index contributed by atoms with van der Waals surface area (Å²) in [6, 6.07) is 10.2. The Morgan fingerprint density at radius 2 is 2.00 bits per heavy atom. The average Bonchev–Trinajstić information content (AvgIpc) is 2.34. The number of benzene rings is 1. The normalized spacial score (nSPS) is 17.0. The number of carbonyl (C=O) groups excluding carboxylic acids is 1. The van der Waals surface area contributed by atoms with Gasteiger partial charge in [-0.15, -0.1) is 0 Å². The van der Waals surface area contributed by atoms with Gasteiger partial charge < -0.3 is 10.0 Å². The second kappa shape index (κ2) is 5.53. The van der Waals surface area contributed by atoms with E-state index in [4.69, 9.17) is 5.11 Å². The predicted octanol–water partition coefficient (Wildman–Crippen LogP) is 1.85. The SMILES string of the molecule is CN(CCO)C(=O)C1(Cc2ccccc2)CCC1. The Morgan fingerprint density at radius 1 is 1.33 bits per heavy atom. The van der Waals surface area contributed by atoms with E-state index in [9.17, 15) is 4.79 Å². The smallest absolute Gasteiger partial charge is 0.228 e. The van der Waals surface area contributed by atoms with E-state index in [1.54, 1.807) is 11.9 Å². The van der Waals surface area contributed by atoms with Crippen LogP contribution in [-0.4, -0.2) is 36.1 Å². The van der Waals surface area contributed by atoms with E-state index < -0.39 is 0 Å². The van der Waals surface area contributed by atoms with E-state index >= 15 is 0 Å². The van der Waals surface area contributed by atoms with Crippen molar-refractivity contribution in [3.63, 3.8) is 0 Å². The number of amides is 1. The Kier molecular flexibility index (Phi) is 4.02. The molecule has 0 atom stereocenters. The molecule has 1 aromatic rings. The average molecular weight is 247 g/mol. The Morgan fingerprint density at radius 3 is 2.50 bits per heavy atom. The first-order chi connectivity index (χ1) is 8.68. The van der Waals surface area contributed by atoms with E-state index in [0.717, 1.165) is 25.7 Å². The van der Waals surface area contributed by atoms with Crippen LogP contribution in [0.1, 0.15) is 24.8 Å². The summed E-state index contributed by atoms with van der Waals surface area (Å²) >= 11 is 0. The topological polar surface area (TPSA) is 40.5 Å². The second-order valence-corrected chi connectivity index (χ2v) is 5.25. The predicted molar refractivity (Wildman–Crippen MR) is 71.2 cm³/mol. The Hall–Kier alpha value is -1.35. The molecule has 0 bridgehead atoms. The minimum absolute atomic E-state index is 0.0314. The number of carbonyl (C=O) groups is 1. The van der Waals surface area contributed by atoms with Gasteiger partial charge in [0.15, 0.2) is 0 Å². The highest BCUT2D eigenvalue weighted by molar-refractivity contribution is 5.83. The van der Waals surface area contributed by atoms with Crippen molar-refractivity contribution in [2.45, 2.75) is 25.7 Å². The summed E-state index contributed by atoms with van der Waals surface area (Å²) in [4.78, 5) is 14.1. The first-order valence-electron chi connectivity index (χ1n) is 6.58. The number of likely N-dealkylation sites (N-methyl/N-ethyl adjacent to an activating group) is 1. The third-order valence-corrected chi connectivity index (χ3v) is 3.93. The number of aliphatic hydroxyl groups excluding tert-OH is 1. The van der Waals surface area contributed by atoms with E-state index in [0.29, 0.717) is 6.54 Å². The van der Waals surface area contributed by atoms with Crippen LogP contribution in [0.15, 0.2) is 30.3 Å². The van der Waals surface area contributed by atoms with Gasteiger partial charge in [0.2, 0.25) is 5.91 Å². The summed E-state index contributed by atoms with van der Waals surface area (Å²) in [6.45, 7) is 0.457. The summed E-state index contributed by atoms with van der Waals surface area (Å²) in [6.07, 6.45) is 3.89. The van der Waals surface area contributed by atoms with Crippen LogP contribution in [0, 0.1) is 5.41 Å². The monoisotopic (exact) mass is 247 g/mol. The minimum Gasteiger partial charge on any atom is -0.395 e. The minimum atomic E-state index is -0.217. The van der Waals surface area contributed by atoms with Crippen LogP contribution in [0.25, 0.3) is 0 Å². The first kappa shape index (κ1) is 13.1. The fraction of sp³-hybridized carbons (Fsp3) is 0.533. The third kappa shape index (κ3) is 2.56. The van der Waals surface area contributed by atoms with Gasteiger partial charge in [-0.2, -0.15) is 0 Å². The maximum atomic E-state index is 12.5. The Labute approximate surface area is 108 Å². The van der Waals surface area contributed by atoms with Crippen LogP contribution >= 0.6 is 0 Å². The third-order valence-electron chi connectivity index (χ3n) is 3.93. The molecule has 1 saturated carbocycles. The van der Waals surface area contributed by atoms with Crippen LogP contribution in [0.5, 0.6) is 0 Å². The molecule has 1 aromatic carbocycles. The maximum absolute atomic E-state index is 12.5. The van der Waals surface area contributed by atoms with E-state index in [-0.39, 0.29) is 17.9 Å². The molecule has 1 aliphatic carbocycles. The zero-order valence-electron chi connectivity index (χ0n) is 10.9. The molecule has 2 rings (SSSR count). The highest BCUT2D eigenvalue weighted by atomic mass is 16.3. The fourth-order valence-corrected chi connectivity index (χ4v) is 2.71. The van der Waals surface area contributed by atoms with Crippen molar-refractivity contribution >= 4 is 5.91 Å². The number of rotatable bonds is 5. The van der Waals surface area contributed by atoms with Crippen molar-refractivity contribution in [1.82, 2.24) is 4.90 Å². The summed E-state index contributed by atoms with van der Waals surface area (Å²) < 4.78 is 0. The zero-order valence-corrected chi connectivity index (χ0v) is 10.9. The highest BCUT2D eigenvalue weighted by Crippen LogP contribution is 2.45. The largest absolute Gasteiger partial charge is 0.395 e. The van der Waals surface area contributed by atoms with E-state index in [2.05, 4.69) is 12.1 Å². The molecule has 98 valence electrons. The molecular formula is C15H21NO2. The van der Waals surface area contributed by atoms with Gasteiger partial charge in [0, 0.05) is 13.6 Å². The van der Waals surface area contributed by atoms with Crippen molar-refractivity contribution in [3.8, 4) is 0 Å². The van der Waals surface area contributed by atoms with Crippen molar-refractivity contribution in [2.24, 2.45) is 5.41 Å². The lowest BCUT2D eigenvalue weighted by Gasteiger charge is -2.42. The van der Waals surface area contributed by atoms with Gasteiger partial charge >= 0.3 is 0 Å². The number of hydrogen-bond donors (Lipinski definition) is 1. The summed E-state index contributed by atoms with van der Waals surface area (Å²) in [5, 5.41) is 8.94. The molecule has 0 saturated heterocycles.